The molecule has 1 amide bonds. The van der Waals surface area contributed by atoms with Crippen LogP contribution in [0.4, 0.5) is 0 Å². The van der Waals surface area contributed by atoms with E-state index in [4.69, 9.17) is 0 Å². The summed E-state index contributed by atoms with van der Waals surface area (Å²) in [5.74, 6) is -1.92. The molecule has 2 rings (SSSR count). The van der Waals surface area contributed by atoms with Gasteiger partial charge >= 0.3 is 5.97 Å². The van der Waals surface area contributed by atoms with Crippen LogP contribution in [-0.2, 0) is 9.59 Å². The third-order valence-electron chi connectivity index (χ3n) is 4.43. The Balaban J connectivity index is 2.06. The molecule has 1 aliphatic rings. The predicted molar refractivity (Wildman–Crippen MR) is 80.8 cm³/mol. The molecule has 0 aromatic heterocycles. The van der Waals surface area contributed by atoms with Crippen molar-refractivity contribution in [3.8, 4) is 0 Å². The molecule has 2 N–H and O–H groups in total. The van der Waals surface area contributed by atoms with E-state index in [0.29, 0.717) is 12.8 Å². The van der Waals surface area contributed by atoms with Gasteiger partial charge in [0, 0.05) is 0 Å². The van der Waals surface area contributed by atoms with Crippen molar-refractivity contribution in [2.45, 2.75) is 45.6 Å². The summed E-state index contributed by atoms with van der Waals surface area (Å²) in [6, 6.07) is 7.82. The van der Waals surface area contributed by atoms with Crippen LogP contribution in [-0.4, -0.2) is 17.0 Å². The van der Waals surface area contributed by atoms with Gasteiger partial charge in [0.1, 0.15) is 0 Å². The number of carbonyl (C=O) groups is 2. The second kappa shape index (κ2) is 6.74. The fourth-order valence-corrected chi connectivity index (χ4v) is 3.21. The van der Waals surface area contributed by atoms with Crippen molar-refractivity contribution >= 4 is 11.9 Å². The van der Waals surface area contributed by atoms with Gasteiger partial charge in [-0.2, -0.15) is 0 Å². The zero-order valence-corrected chi connectivity index (χ0v) is 12.6. The molecule has 3 atom stereocenters. The molecule has 1 unspecified atom stereocenters. The molecule has 1 saturated carbocycles. The van der Waals surface area contributed by atoms with E-state index in [2.05, 4.69) is 5.32 Å². The summed E-state index contributed by atoms with van der Waals surface area (Å²) in [6.07, 6.45) is 3.10. The van der Waals surface area contributed by atoms with Gasteiger partial charge in [-0.15, -0.1) is 0 Å². The lowest BCUT2D eigenvalue weighted by Gasteiger charge is -2.29. The maximum Gasteiger partial charge on any atom is 0.307 e. The van der Waals surface area contributed by atoms with Crippen LogP contribution >= 0.6 is 0 Å². The largest absolute Gasteiger partial charge is 0.481 e. The van der Waals surface area contributed by atoms with E-state index in [0.717, 1.165) is 24.0 Å². The van der Waals surface area contributed by atoms with E-state index in [-0.39, 0.29) is 11.9 Å². The standard InChI is InChI=1S/C17H23NO3/c1-11-7-3-4-8-13(11)12(2)18-16(19)14-9-5-6-10-15(14)17(20)21/h3-4,7-8,12,14-15H,5-6,9-10H2,1-2H3,(H,18,19)(H,20,21)/t12?,14-,15+/m1/s1. The van der Waals surface area contributed by atoms with Crippen LogP contribution in [0.15, 0.2) is 24.3 Å². The van der Waals surface area contributed by atoms with Gasteiger partial charge in [0.05, 0.1) is 17.9 Å². The van der Waals surface area contributed by atoms with Crippen molar-refractivity contribution in [1.29, 1.82) is 0 Å². The number of aliphatic carboxylic acids is 1. The molecule has 1 aromatic carbocycles. The van der Waals surface area contributed by atoms with Crippen molar-refractivity contribution in [2.75, 3.05) is 0 Å². The molecule has 4 heteroatoms. The SMILES string of the molecule is Cc1ccccc1C(C)NC(=O)[C@@H]1CCCC[C@@H]1C(=O)O. The van der Waals surface area contributed by atoms with Crippen LogP contribution in [0.3, 0.4) is 0 Å². The summed E-state index contributed by atoms with van der Waals surface area (Å²) in [5.41, 5.74) is 2.21. The van der Waals surface area contributed by atoms with E-state index in [9.17, 15) is 14.7 Å². The lowest BCUT2D eigenvalue weighted by Crippen LogP contribution is -2.40. The molecule has 21 heavy (non-hydrogen) atoms. The van der Waals surface area contributed by atoms with Gasteiger partial charge < -0.3 is 10.4 Å². The average molecular weight is 289 g/mol. The van der Waals surface area contributed by atoms with Gasteiger partial charge in [0.15, 0.2) is 0 Å². The average Bonchev–Trinajstić information content (AvgIpc) is 2.47. The first-order valence-electron chi connectivity index (χ1n) is 7.59. The van der Waals surface area contributed by atoms with Gasteiger partial charge in [-0.1, -0.05) is 37.1 Å². The van der Waals surface area contributed by atoms with Gasteiger partial charge in [-0.3, -0.25) is 9.59 Å². The number of carboxylic acid groups (broad SMARTS) is 1. The fourth-order valence-electron chi connectivity index (χ4n) is 3.21. The zero-order valence-electron chi connectivity index (χ0n) is 12.6. The van der Waals surface area contributed by atoms with E-state index in [1.165, 1.54) is 0 Å². The second-order valence-corrected chi connectivity index (χ2v) is 5.92. The summed E-state index contributed by atoms with van der Waals surface area (Å²) in [6.45, 7) is 3.96. The van der Waals surface area contributed by atoms with Crippen molar-refractivity contribution in [3.63, 3.8) is 0 Å². The minimum absolute atomic E-state index is 0.102. The summed E-state index contributed by atoms with van der Waals surface area (Å²) in [7, 11) is 0. The molecule has 0 saturated heterocycles. The van der Waals surface area contributed by atoms with Gasteiger partial charge in [-0.25, -0.2) is 0 Å². The number of hydrogen-bond acceptors (Lipinski definition) is 2. The summed E-state index contributed by atoms with van der Waals surface area (Å²) < 4.78 is 0. The van der Waals surface area contributed by atoms with Crippen molar-refractivity contribution in [3.05, 3.63) is 35.4 Å². The molecular weight excluding hydrogens is 266 g/mol. The second-order valence-electron chi connectivity index (χ2n) is 5.92. The number of carboxylic acids is 1. The molecule has 0 aliphatic heterocycles. The van der Waals surface area contributed by atoms with Gasteiger partial charge in [-0.05, 0) is 37.8 Å². The van der Waals surface area contributed by atoms with Crippen molar-refractivity contribution in [1.82, 2.24) is 5.32 Å². The minimum Gasteiger partial charge on any atom is -0.481 e. The summed E-state index contributed by atoms with van der Waals surface area (Å²) in [5, 5.41) is 12.3. The van der Waals surface area contributed by atoms with Gasteiger partial charge in [0.2, 0.25) is 5.91 Å². The third-order valence-corrected chi connectivity index (χ3v) is 4.43. The highest BCUT2D eigenvalue weighted by Crippen LogP contribution is 2.31. The van der Waals surface area contributed by atoms with Crippen molar-refractivity contribution < 1.29 is 14.7 Å². The molecule has 1 aromatic rings. The molecule has 0 spiro atoms. The normalized spacial score (nSPS) is 23.3. The monoisotopic (exact) mass is 289 g/mol. The Kier molecular flexibility index (Phi) is 4.99. The number of aryl methyl sites for hydroxylation is 1. The molecular formula is C17H23NO3. The Morgan fingerprint density at radius 3 is 2.43 bits per heavy atom. The number of nitrogens with one attached hydrogen (secondary N) is 1. The Morgan fingerprint density at radius 2 is 1.81 bits per heavy atom. The molecule has 4 nitrogen and oxygen atoms in total. The van der Waals surface area contributed by atoms with Crippen LogP contribution in [0, 0.1) is 18.8 Å². The van der Waals surface area contributed by atoms with Crippen LogP contribution in [0.25, 0.3) is 0 Å². The number of hydrogen-bond donors (Lipinski definition) is 2. The highest BCUT2D eigenvalue weighted by Gasteiger charge is 2.36. The molecule has 1 fully saturated rings. The number of amides is 1. The lowest BCUT2D eigenvalue weighted by atomic mass is 9.78. The lowest BCUT2D eigenvalue weighted by molar-refractivity contribution is -0.149. The van der Waals surface area contributed by atoms with E-state index in [1.807, 2.05) is 38.1 Å². The first kappa shape index (κ1) is 15.5. The molecule has 0 bridgehead atoms. The van der Waals surface area contributed by atoms with Crippen LogP contribution in [0.1, 0.15) is 49.8 Å². The quantitative estimate of drug-likeness (QED) is 0.895. The van der Waals surface area contributed by atoms with Gasteiger partial charge in [0.25, 0.3) is 0 Å². The minimum atomic E-state index is -0.849. The number of rotatable bonds is 4. The van der Waals surface area contributed by atoms with Crippen molar-refractivity contribution in [2.24, 2.45) is 11.8 Å². The molecule has 0 radical (unpaired) electrons. The fraction of sp³-hybridized carbons (Fsp3) is 0.529. The Bertz CT molecular complexity index is 527. The first-order chi connectivity index (χ1) is 10.0. The topological polar surface area (TPSA) is 66.4 Å². The Hall–Kier alpha value is -1.84. The van der Waals surface area contributed by atoms with Crippen LogP contribution < -0.4 is 5.32 Å². The Morgan fingerprint density at radius 1 is 1.19 bits per heavy atom. The van der Waals surface area contributed by atoms with E-state index < -0.39 is 17.8 Å². The summed E-state index contributed by atoms with van der Waals surface area (Å²) >= 11 is 0. The van der Waals surface area contributed by atoms with E-state index in [1.54, 1.807) is 0 Å². The Labute approximate surface area is 125 Å². The smallest absolute Gasteiger partial charge is 0.307 e. The number of carbonyl (C=O) groups excluding carboxylic acids is 1. The van der Waals surface area contributed by atoms with Crippen LogP contribution in [0.2, 0.25) is 0 Å². The third kappa shape index (κ3) is 3.63. The molecule has 114 valence electrons. The number of benzene rings is 1. The first-order valence-corrected chi connectivity index (χ1v) is 7.59. The highest BCUT2D eigenvalue weighted by atomic mass is 16.4. The molecule has 1 aliphatic carbocycles. The maximum absolute atomic E-state index is 12.4. The summed E-state index contributed by atoms with van der Waals surface area (Å²) in [4.78, 5) is 23.7. The predicted octanol–water partition coefficient (Wildman–Crippen LogP) is 3.06. The van der Waals surface area contributed by atoms with Crippen LogP contribution in [0.5, 0.6) is 0 Å². The molecule has 0 heterocycles. The van der Waals surface area contributed by atoms with E-state index >= 15 is 0 Å². The maximum atomic E-state index is 12.4. The zero-order chi connectivity index (χ0) is 15.4. The highest BCUT2D eigenvalue weighted by molar-refractivity contribution is 5.85.